The van der Waals surface area contributed by atoms with Gasteiger partial charge in [-0.25, -0.2) is 13.8 Å². The summed E-state index contributed by atoms with van der Waals surface area (Å²) in [4.78, 5) is 23.9. The molecule has 1 amide bonds. The van der Waals surface area contributed by atoms with Gasteiger partial charge in [0.2, 0.25) is 0 Å². The van der Waals surface area contributed by atoms with Crippen molar-refractivity contribution in [1.29, 1.82) is 5.26 Å². The van der Waals surface area contributed by atoms with E-state index in [0.717, 1.165) is 35.9 Å². The van der Waals surface area contributed by atoms with Gasteiger partial charge in [-0.15, -0.1) is 0 Å². The smallest absolute Gasteiger partial charge is 0.261 e. The van der Waals surface area contributed by atoms with Crippen LogP contribution in [0.1, 0.15) is 80.1 Å². The van der Waals surface area contributed by atoms with Gasteiger partial charge in [-0.3, -0.25) is 4.79 Å². The van der Waals surface area contributed by atoms with Gasteiger partial charge in [0.15, 0.2) is 11.5 Å². The van der Waals surface area contributed by atoms with Crippen molar-refractivity contribution in [2.75, 3.05) is 0 Å². The summed E-state index contributed by atoms with van der Waals surface area (Å²) in [6.45, 7) is 2.22. The third kappa shape index (κ3) is 5.47. The Bertz CT molecular complexity index is 2160. The SMILES string of the molecule is CC(OCc1ccccc1)c1nc2c(F)c(-c3cccc(Cl)c3Cl)c(CCC#N)cc2c2[nH]c(C3C4CCC(C4)N3C(=O)C3(F)CC3)cc12. The summed E-state index contributed by atoms with van der Waals surface area (Å²) >= 11 is 13.0. The number of H-pyrrole nitrogens is 1. The Kier molecular flexibility index (Phi) is 8.14. The lowest BCUT2D eigenvalue weighted by molar-refractivity contribution is -0.143. The molecule has 1 aliphatic heterocycles. The molecule has 1 saturated heterocycles. The van der Waals surface area contributed by atoms with Crippen molar-refractivity contribution < 1.29 is 18.3 Å². The zero-order valence-electron chi connectivity index (χ0n) is 26.9. The van der Waals surface area contributed by atoms with Crippen LogP contribution >= 0.6 is 23.2 Å². The van der Waals surface area contributed by atoms with Crippen LogP contribution in [-0.4, -0.2) is 32.5 Å². The summed E-state index contributed by atoms with van der Waals surface area (Å²) in [5, 5.41) is 11.3. The van der Waals surface area contributed by atoms with Gasteiger partial charge in [0.05, 0.1) is 46.1 Å². The Morgan fingerprint density at radius 3 is 2.69 bits per heavy atom. The molecule has 1 N–H and O–H groups in total. The Morgan fingerprint density at radius 2 is 1.94 bits per heavy atom. The first-order chi connectivity index (χ1) is 23.7. The molecule has 250 valence electrons. The van der Waals surface area contributed by atoms with E-state index in [4.69, 9.17) is 32.9 Å². The molecule has 4 unspecified atom stereocenters. The van der Waals surface area contributed by atoms with Crippen LogP contribution in [0.2, 0.25) is 10.0 Å². The van der Waals surface area contributed by atoms with E-state index >= 15 is 8.78 Å². The Labute approximate surface area is 293 Å². The van der Waals surface area contributed by atoms with Crippen LogP contribution in [0.5, 0.6) is 0 Å². The molecule has 8 rings (SSSR count). The van der Waals surface area contributed by atoms with Crippen molar-refractivity contribution in [2.45, 2.75) is 82.3 Å². The molecule has 2 aliphatic carbocycles. The molecule has 10 heteroatoms. The number of amides is 1. The van der Waals surface area contributed by atoms with E-state index < -0.39 is 23.5 Å². The molecule has 0 spiro atoms. The summed E-state index contributed by atoms with van der Waals surface area (Å²) in [5.74, 6) is -0.800. The number of piperidine rings is 1. The third-order valence-corrected chi connectivity index (χ3v) is 11.4. The molecule has 2 bridgehead atoms. The van der Waals surface area contributed by atoms with E-state index in [9.17, 15) is 10.1 Å². The number of fused-ring (bicyclic) bond motifs is 5. The summed E-state index contributed by atoms with van der Waals surface area (Å²) in [5.41, 5.74) is 2.59. The number of ether oxygens (including phenoxy) is 1. The average molecular weight is 700 g/mol. The molecule has 0 radical (unpaired) electrons. The first kappa shape index (κ1) is 32.2. The molecule has 5 aromatic rings. The van der Waals surface area contributed by atoms with Gasteiger partial charge in [0, 0.05) is 40.1 Å². The lowest BCUT2D eigenvalue weighted by Crippen LogP contribution is -2.45. The molecule has 3 heterocycles. The second-order valence-corrected chi connectivity index (χ2v) is 14.5. The number of rotatable bonds is 9. The van der Waals surface area contributed by atoms with Gasteiger partial charge in [0.1, 0.15) is 5.52 Å². The Balaban J connectivity index is 1.33. The van der Waals surface area contributed by atoms with E-state index in [1.54, 1.807) is 23.1 Å². The van der Waals surface area contributed by atoms with Crippen molar-refractivity contribution in [1.82, 2.24) is 14.9 Å². The van der Waals surface area contributed by atoms with Crippen LogP contribution < -0.4 is 0 Å². The summed E-state index contributed by atoms with van der Waals surface area (Å²) in [6, 6.07) is 20.6. The van der Waals surface area contributed by atoms with Crippen LogP contribution in [0.25, 0.3) is 32.9 Å². The minimum atomic E-state index is -1.77. The van der Waals surface area contributed by atoms with Gasteiger partial charge < -0.3 is 14.6 Å². The molecule has 3 aromatic carbocycles. The van der Waals surface area contributed by atoms with E-state index in [1.165, 1.54) is 0 Å². The van der Waals surface area contributed by atoms with Gasteiger partial charge in [-0.2, -0.15) is 5.26 Å². The standard InChI is InChI=1S/C39H34Cl2F2N4O2/c1-21(49-20-22-7-3-2-4-8-22)34-28-19-30(37-24-12-13-25(17-24)47(37)38(48)39(43)14-15-39)45-35(28)27-18-23(9-6-16-44)31(33(42)36(27)46-34)26-10-5-11-29(40)32(26)41/h2-5,7-8,10-11,18-19,21,24-25,37,45H,6,9,12-15,17,20H2,1H3. The van der Waals surface area contributed by atoms with Gasteiger partial charge in [-0.1, -0.05) is 65.7 Å². The number of alkyl halides is 1. The fourth-order valence-corrected chi connectivity index (χ4v) is 8.41. The number of likely N-dealkylation sites (tertiary alicyclic amines) is 1. The number of hydrogen-bond donors (Lipinski definition) is 1. The van der Waals surface area contributed by atoms with Crippen molar-refractivity contribution in [2.24, 2.45) is 5.92 Å². The van der Waals surface area contributed by atoms with Gasteiger partial charge in [-0.05, 0) is 80.7 Å². The van der Waals surface area contributed by atoms with Crippen LogP contribution in [0.3, 0.4) is 0 Å². The topological polar surface area (TPSA) is 82.0 Å². The number of nitrogens with one attached hydrogen (secondary N) is 1. The maximum atomic E-state index is 17.1. The number of aromatic nitrogens is 2. The second-order valence-electron chi connectivity index (χ2n) is 13.7. The largest absolute Gasteiger partial charge is 0.368 e. The number of benzene rings is 3. The molecule has 2 aromatic heterocycles. The van der Waals surface area contributed by atoms with Crippen molar-refractivity contribution in [3.8, 4) is 17.2 Å². The monoisotopic (exact) mass is 698 g/mol. The molecule has 49 heavy (non-hydrogen) atoms. The molecular weight excluding hydrogens is 665 g/mol. The Hall–Kier alpha value is -4.03. The van der Waals surface area contributed by atoms with Crippen molar-refractivity contribution >= 4 is 50.9 Å². The van der Waals surface area contributed by atoms with Crippen LogP contribution in [0.4, 0.5) is 8.78 Å². The molecule has 4 atom stereocenters. The van der Waals surface area contributed by atoms with Crippen LogP contribution in [-0.2, 0) is 22.6 Å². The highest BCUT2D eigenvalue weighted by molar-refractivity contribution is 6.43. The first-order valence-electron chi connectivity index (χ1n) is 16.8. The van der Waals surface area contributed by atoms with E-state index in [1.807, 2.05) is 49.4 Å². The normalized spacial score (nSPS) is 21.4. The average Bonchev–Trinajstić information content (AvgIpc) is 3.43. The van der Waals surface area contributed by atoms with Gasteiger partial charge in [0.25, 0.3) is 5.91 Å². The Morgan fingerprint density at radius 1 is 1.14 bits per heavy atom. The van der Waals surface area contributed by atoms with Crippen molar-refractivity contribution in [3.63, 3.8) is 0 Å². The highest BCUT2D eigenvalue weighted by atomic mass is 35.5. The lowest BCUT2D eigenvalue weighted by atomic mass is 9.93. The first-order valence-corrected chi connectivity index (χ1v) is 17.6. The fraction of sp³-hybridized carbons (Fsp3) is 0.359. The number of nitriles is 1. The zero-order chi connectivity index (χ0) is 34.0. The third-order valence-electron chi connectivity index (χ3n) is 10.6. The minimum absolute atomic E-state index is 0.00429. The maximum Gasteiger partial charge on any atom is 0.261 e. The molecule has 6 nitrogen and oxygen atoms in total. The quantitative estimate of drug-likeness (QED) is 0.166. The number of hydrogen-bond acceptors (Lipinski definition) is 4. The number of pyridine rings is 1. The number of carbonyl (C=O) groups excluding carboxylic acids is 1. The number of carbonyl (C=O) groups is 1. The van der Waals surface area contributed by atoms with E-state index in [0.29, 0.717) is 34.3 Å². The molecular formula is C39H34Cl2F2N4O2. The van der Waals surface area contributed by atoms with Crippen LogP contribution in [0.15, 0.2) is 60.7 Å². The predicted molar refractivity (Wildman–Crippen MR) is 186 cm³/mol. The molecule has 2 saturated carbocycles. The zero-order valence-corrected chi connectivity index (χ0v) is 28.4. The predicted octanol–water partition coefficient (Wildman–Crippen LogP) is 10.1. The van der Waals surface area contributed by atoms with Crippen LogP contribution in [0, 0.1) is 23.1 Å². The minimum Gasteiger partial charge on any atom is -0.368 e. The number of aryl methyl sites for hydroxylation is 1. The van der Waals surface area contributed by atoms with Gasteiger partial charge >= 0.3 is 0 Å². The fourth-order valence-electron chi connectivity index (χ4n) is 8.02. The lowest BCUT2D eigenvalue weighted by Gasteiger charge is -2.36. The highest BCUT2D eigenvalue weighted by Gasteiger charge is 2.59. The second kappa shape index (κ2) is 12.4. The van der Waals surface area contributed by atoms with E-state index in [-0.39, 0.29) is 64.8 Å². The molecule has 3 fully saturated rings. The number of halogens is 4. The van der Waals surface area contributed by atoms with Crippen molar-refractivity contribution in [3.05, 3.63) is 99.0 Å². The number of aromatic amines is 1. The maximum absolute atomic E-state index is 17.1. The summed E-state index contributed by atoms with van der Waals surface area (Å²) in [6.07, 6.45) is 3.08. The van der Waals surface area contributed by atoms with E-state index in [2.05, 4.69) is 11.1 Å². The summed E-state index contributed by atoms with van der Waals surface area (Å²) < 4.78 is 38.7. The molecule has 3 aliphatic rings. The highest BCUT2D eigenvalue weighted by Crippen LogP contribution is 2.54. The number of nitrogens with zero attached hydrogens (tertiary/aromatic N) is 3. The summed E-state index contributed by atoms with van der Waals surface area (Å²) in [7, 11) is 0.